The third-order valence-corrected chi connectivity index (χ3v) is 2.28. The van der Waals surface area contributed by atoms with Gasteiger partial charge in [0, 0.05) is 0 Å². The Morgan fingerprint density at radius 3 is 2.40 bits per heavy atom. The van der Waals surface area contributed by atoms with Crippen molar-refractivity contribution < 1.29 is 14.9 Å². The standard InChI is InChI=1S/C7H12O3/c1-7(6(8)10-9)4-2-3-5-7/h9H,2-5H2,1H3. The van der Waals surface area contributed by atoms with E-state index in [4.69, 9.17) is 5.26 Å². The normalized spacial score (nSPS) is 22.6. The van der Waals surface area contributed by atoms with Crippen molar-refractivity contribution in [2.75, 3.05) is 0 Å². The average Bonchev–Trinajstić information content (AvgIpc) is 2.36. The predicted molar refractivity (Wildman–Crippen MR) is 35.3 cm³/mol. The van der Waals surface area contributed by atoms with Crippen molar-refractivity contribution >= 4 is 5.97 Å². The Balaban J connectivity index is 2.58. The average molecular weight is 144 g/mol. The first-order chi connectivity index (χ1) is 4.69. The Morgan fingerprint density at radius 2 is 2.00 bits per heavy atom. The van der Waals surface area contributed by atoms with Gasteiger partial charge in [0.15, 0.2) is 0 Å². The van der Waals surface area contributed by atoms with Gasteiger partial charge < -0.3 is 4.89 Å². The summed E-state index contributed by atoms with van der Waals surface area (Å²) in [5.74, 6) is -0.481. The molecule has 0 unspecified atom stereocenters. The summed E-state index contributed by atoms with van der Waals surface area (Å²) in [6.07, 6.45) is 3.80. The summed E-state index contributed by atoms with van der Waals surface area (Å²) in [6.45, 7) is 1.83. The summed E-state index contributed by atoms with van der Waals surface area (Å²) >= 11 is 0. The smallest absolute Gasteiger partial charge is 0.300 e. The Kier molecular flexibility index (Phi) is 1.94. The molecule has 1 aliphatic carbocycles. The van der Waals surface area contributed by atoms with Gasteiger partial charge >= 0.3 is 5.97 Å². The van der Waals surface area contributed by atoms with Gasteiger partial charge in [0.25, 0.3) is 0 Å². The predicted octanol–water partition coefficient (Wildman–Crippen LogP) is 1.58. The van der Waals surface area contributed by atoms with E-state index in [1.54, 1.807) is 0 Å². The molecule has 0 aromatic carbocycles. The second-order valence-electron chi connectivity index (χ2n) is 3.15. The molecule has 1 rings (SSSR count). The molecule has 3 heteroatoms. The lowest BCUT2D eigenvalue weighted by Gasteiger charge is -2.17. The fraction of sp³-hybridized carbons (Fsp3) is 0.857. The Labute approximate surface area is 59.9 Å². The molecule has 1 aliphatic rings. The van der Waals surface area contributed by atoms with E-state index in [1.165, 1.54) is 0 Å². The monoisotopic (exact) mass is 144 g/mol. The molecule has 0 saturated heterocycles. The molecule has 1 saturated carbocycles. The quantitative estimate of drug-likeness (QED) is 0.449. The van der Waals surface area contributed by atoms with E-state index in [2.05, 4.69) is 4.89 Å². The zero-order valence-electron chi connectivity index (χ0n) is 6.09. The summed E-state index contributed by atoms with van der Waals surface area (Å²) in [5, 5.41) is 8.11. The zero-order valence-corrected chi connectivity index (χ0v) is 6.09. The van der Waals surface area contributed by atoms with Crippen molar-refractivity contribution in [1.82, 2.24) is 0 Å². The number of hydrogen-bond acceptors (Lipinski definition) is 3. The van der Waals surface area contributed by atoms with Gasteiger partial charge in [-0.25, -0.2) is 4.79 Å². The van der Waals surface area contributed by atoms with Crippen LogP contribution in [0.1, 0.15) is 32.6 Å². The van der Waals surface area contributed by atoms with Crippen LogP contribution in [0.2, 0.25) is 0 Å². The van der Waals surface area contributed by atoms with Crippen molar-refractivity contribution in [2.45, 2.75) is 32.6 Å². The third-order valence-electron chi connectivity index (χ3n) is 2.28. The van der Waals surface area contributed by atoms with E-state index in [0.717, 1.165) is 25.7 Å². The first kappa shape index (κ1) is 7.54. The summed E-state index contributed by atoms with van der Waals surface area (Å²) in [7, 11) is 0. The van der Waals surface area contributed by atoms with Gasteiger partial charge in [-0.05, 0) is 19.8 Å². The van der Waals surface area contributed by atoms with Crippen LogP contribution in [0.3, 0.4) is 0 Å². The van der Waals surface area contributed by atoms with Crippen LogP contribution in [0, 0.1) is 5.41 Å². The molecule has 1 fully saturated rings. The number of rotatable bonds is 1. The molecular formula is C7H12O3. The van der Waals surface area contributed by atoms with Crippen LogP contribution in [-0.2, 0) is 9.68 Å². The lowest BCUT2D eigenvalue weighted by atomic mass is 9.89. The molecule has 0 bridgehead atoms. The maximum Gasteiger partial charge on any atom is 0.347 e. The Morgan fingerprint density at radius 1 is 1.50 bits per heavy atom. The molecule has 3 nitrogen and oxygen atoms in total. The number of carbonyl (C=O) groups excluding carboxylic acids is 1. The molecule has 0 amide bonds. The zero-order chi connectivity index (χ0) is 7.61. The van der Waals surface area contributed by atoms with Crippen LogP contribution >= 0.6 is 0 Å². The van der Waals surface area contributed by atoms with E-state index in [9.17, 15) is 4.79 Å². The van der Waals surface area contributed by atoms with Gasteiger partial charge in [-0.15, -0.1) is 0 Å². The highest BCUT2D eigenvalue weighted by atomic mass is 17.1. The van der Waals surface area contributed by atoms with E-state index < -0.39 is 11.4 Å². The summed E-state index contributed by atoms with van der Waals surface area (Å²) < 4.78 is 0. The van der Waals surface area contributed by atoms with Crippen LogP contribution in [0.4, 0.5) is 0 Å². The number of hydrogen-bond donors (Lipinski definition) is 1. The first-order valence-corrected chi connectivity index (χ1v) is 3.55. The maximum absolute atomic E-state index is 10.9. The summed E-state index contributed by atoms with van der Waals surface area (Å²) in [5.41, 5.74) is -0.408. The minimum absolute atomic E-state index is 0.408. The maximum atomic E-state index is 10.9. The van der Waals surface area contributed by atoms with Crippen LogP contribution < -0.4 is 0 Å². The highest BCUT2D eigenvalue weighted by molar-refractivity contribution is 5.75. The highest BCUT2D eigenvalue weighted by Gasteiger charge is 2.38. The summed E-state index contributed by atoms with van der Waals surface area (Å²) in [6, 6.07) is 0. The molecule has 0 aromatic heterocycles. The molecule has 0 spiro atoms. The van der Waals surface area contributed by atoms with Crippen LogP contribution in [0.15, 0.2) is 0 Å². The highest BCUT2D eigenvalue weighted by Crippen LogP contribution is 2.38. The molecular weight excluding hydrogens is 132 g/mol. The van der Waals surface area contributed by atoms with Gasteiger partial charge in [0.05, 0.1) is 5.41 Å². The molecule has 58 valence electrons. The molecule has 0 aliphatic heterocycles. The Hall–Kier alpha value is -0.570. The fourth-order valence-electron chi connectivity index (χ4n) is 1.47. The van der Waals surface area contributed by atoms with E-state index >= 15 is 0 Å². The fourth-order valence-corrected chi connectivity index (χ4v) is 1.47. The molecule has 1 N–H and O–H groups in total. The summed E-state index contributed by atoms with van der Waals surface area (Å²) in [4.78, 5) is 14.6. The van der Waals surface area contributed by atoms with E-state index in [1.807, 2.05) is 6.92 Å². The molecule has 0 aromatic rings. The second kappa shape index (κ2) is 2.58. The first-order valence-electron chi connectivity index (χ1n) is 3.55. The van der Waals surface area contributed by atoms with Crippen molar-refractivity contribution in [3.63, 3.8) is 0 Å². The minimum atomic E-state index is -0.481. The second-order valence-corrected chi connectivity index (χ2v) is 3.15. The van der Waals surface area contributed by atoms with Crippen molar-refractivity contribution in [3.05, 3.63) is 0 Å². The largest absolute Gasteiger partial charge is 0.347 e. The molecule has 0 atom stereocenters. The molecule has 0 radical (unpaired) electrons. The van der Waals surface area contributed by atoms with Crippen LogP contribution in [0.25, 0.3) is 0 Å². The third kappa shape index (κ3) is 1.14. The van der Waals surface area contributed by atoms with E-state index in [0.29, 0.717) is 0 Å². The lowest BCUT2D eigenvalue weighted by molar-refractivity contribution is -0.244. The molecule has 0 heterocycles. The lowest BCUT2D eigenvalue weighted by Crippen LogP contribution is -2.25. The topological polar surface area (TPSA) is 46.5 Å². The van der Waals surface area contributed by atoms with Crippen molar-refractivity contribution in [2.24, 2.45) is 5.41 Å². The van der Waals surface area contributed by atoms with Gasteiger partial charge in [-0.2, -0.15) is 5.26 Å². The van der Waals surface area contributed by atoms with Crippen LogP contribution in [0.5, 0.6) is 0 Å². The Bertz CT molecular complexity index is 136. The van der Waals surface area contributed by atoms with Crippen molar-refractivity contribution in [3.8, 4) is 0 Å². The van der Waals surface area contributed by atoms with Gasteiger partial charge in [0.1, 0.15) is 0 Å². The van der Waals surface area contributed by atoms with Crippen molar-refractivity contribution in [1.29, 1.82) is 0 Å². The van der Waals surface area contributed by atoms with Gasteiger partial charge in [0.2, 0.25) is 0 Å². The SMILES string of the molecule is CC1(C(=O)OO)CCCC1. The van der Waals surface area contributed by atoms with Gasteiger partial charge in [-0.1, -0.05) is 12.8 Å². The van der Waals surface area contributed by atoms with Gasteiger partial charge in [-0.3, -0.25) is 0 Å². The van der Waals surface area contributed by atoms with E-state index in [-0.39, 0.29) is 0 Å². The van der Waals surface area contributed by atoms with Crippen LogP contribution in [-0.4, -0.2) is 11.2 Å². The molecule has 10 heavy (non-hydrogen) atoms. The minimum Gasteiger partial charge on any atom is -0.300 e. The number of carbonyl (C=O) groups is 1.